The maximum atomic E-state index is 12.4. The number of aliphatic carboxylic acids is 1. The summed E-state index contributed by atoms with van der Waals surface area (Å²) in [5, 5.41) is 9.49. The number of carbonyl (C=O) groups is 2. The van der Waals surface area contributed by atoms with Crippen LogP contribution in [0.25, 0.3) is 0 Å². The molecular weight excluding hydrogens is 402 g/mol. The Hall–Kier alpha value is -4.62. The van der Waals surface area contributed by atoms with Crippen LogP contribution in [0.1, 0.15) is 26.7 Å². The van der Waals surface area contributed by atoms with Crippen LogP contribution in [0.3, 0.4) is 0 Å². The van der Waals surface area contributed by atoms with Crippen molar-refractivity contribution in [2.45, 2.75) is 26.7 Å². The lowest BCUT2D eigenvalue weighted by Crippen LogP contribution is -2.36. The average Bonchev–Trinajstić information content (AvgIpc) is 2.78. The molecule has 0 aromatic rings. The number of esters is 1. The Morgan fingerprint density at radius 2 is 1.31 bits per heavy atom. The molecule has 3 atom stereocenters. The molecule has 0 spiro atoms. The third-order valence-electron chi connectivity index (χ3n) is 3.78. The number of terminal acetylenes is 1. The normalized spacial score (nSPS) is 10.3. The van der Waals surface area contributed by atoms with E-state index in [9.17, 15) is 14.7 Å². The van der Waals surface area contributed by atoms with Crippen LogP contribution in [0.4, 0.5) is 0 Å². The van der Waals surface area contributed by atoms with E-state index < -0.39 is 29.7 Å². The lowest BCUT2D eigenvalue weighted by atomic mass is 9.79. The fourth-order valence-electron chi connectivity index (χ4n) is 2.40. The fraction of sp³-hybridized carbons (Fsp3) is 0.333. The van der Waals surface area contributed by atoms with E-state index in [1.165, 1.54) is 0 Å². The van der Waals surface area contributed by atoms with E-state index in [-0.39, 0.29) is 19.6 Å². The standard InChI is InChI=1S/C27H21NO4/c1-4-7-8-9-10-11-12-13-14-15-16-17-18-19-20-23(5-2)25(24(6-3)26(29)30)27(31)32-22-21-28/h1,23-25H,5-6,21-22,28H2,2-3H3,(H,29,30). The van der Waals surface area contributed by atoms with Crippen LogP contribution < -0.4 is 5.73 Å². The number of nitrogens with two attached hydrogens (primary N) is 1. The quantitative estimate of drug-likeness (QED) is 0.447. The van der Waals surface area contributed by atoms with Gasteiger partial charge >= 0.3 is 11.9 Å². The number of hydrogen-bond donors (Lipinski definition) is 2. The minimum absolute atomic E-state index is 0.0164. The number of carboxylic acid groups (broad SMARTS) is 1. The summed E-state index contributed by atoms with van der Waals surface area (Å²) in [6, 6.07) is 0. The fourth-order valence-corrected chi connectivity index (χ4v) is 2.40. The first-order valence-corrected chi connectivity index (χ1v) is 9.58. The first-order chi connectivity index (χ1) is 15.5. The van der Waals surface area contributed by atoms with Crippen molar-refractivity contribution in [2.24, 2.45) is 23.5 Å². The molecule has 32 heavy (non-hydrogen) atoms. The summed E-state index contributed by atoms with van der Waals surface area (Å²) in [4.78, 5) is 24.0. The van der Waals surface area contributed by atoms with E-state index >= 15 is 0 Å². The molecule has 0 fully saturated rings. The van der Waals surface area contributed by atoms with E-state index in [4.69, 9.17) is 16.9 Å². The molecule has 3 unspecified atom stereocenters. The summed E-state index contributed by atoms with van der Waals surface area (Å²) in [5.41, 5.74) is 5.36. The summed E-state index contributed by atoms with van der Waals surface area (Å²) in [6.45, 7) is 3.68. The van der Waals surface area contributed by atoms with E-state index in [1.807, 2.05) is 6.92 Å². The topological polar surface area (TPSA) is 89.6 Å². The first-order valence-electron chi connectivity index (χ1n) is 9.58. The zero-order valence-corrected chi connectivity index (χ0v) is 17.9. The molecule has 0 aliphatic rings. The molecule has 5 heteroatoms. The van der Waals surface area contributed by atoms with Crippen LogP contribution in [-0.2, 0) is 14.3 Å². The third-order valence-corrected chi connectivity index (χ3v) is 3.78. The highest BCUT2D eigenvalue weighted by Crippen LogP contribution is 2.28. The minimum Gasteiger partial charge on any atom is -0.481 e. The van der Waals surface area contributed by atoms with Crippen LogP contribution in [-0.4, -0.2) is 30.2 Å². The molecule has 0 saturated heterocycles. The van der Waals surface area contributed by atoms with Crippen molar-refractivity contribution < 1.29 is 19.4 Å². The van der Waals surface area contributed by atoms with Crippen molar-refractivity contribution in [3.05, 3.63) is 0 Å². The highest BCUT2D eigenvalue weighted by atomic mass is 16.5. The molecule has 0 aromatic carbocycles. The Balaban J connectivity index is 5.31. The average molecular weight is 423 g/mol. The van der Waals surface area contributed by atoms with Gasteiger partial charge in [-0.05, 0) is 95.7 Å². The second-order valence-electron chi connectivity index (χ2n) is 5.76. The molecule has 0 aliphatic carbocycles. The van der Waals surface area contributed by atoms with Gasteiger partial charge in [-0.2, -0.15) is 0 Å². The highest BCUT2D eigenvalue weighted by molar-refractivity contribution is 5.81. The van der Waals surface area contributed by atoms with Crippen molar-refractivity contribution in [3.63, 3.8) is 0 Å². The maximum absolute atomic E-state index is 12.4. The van der Waals surface area contributed by atoms with E-state index in [2.05, 4.69) is 88.8 Å². The van der Waals surface area contributed by atoms with Crippen LogP contribution >= 0.6 is 0 Å². The van der Waals surface area contributed by atoms with Gasteiger partial charge in [0.25, 0.3) is 0 Å². The van der Waals surface area contributed by atoms with Gasteiger partial charge in [0.15, 0.2) is 0 Å². The minimum atomic E-state index is -1.08. The Kier molecular flexibility index (Phi) is 15.8. The first kappa shape index (κ1) is 27.4. The number of carbonyl (C=O) groups excluding carboxylic acids is 1. The molecule has 0 heterocycles. The lowest BCUT2D eigenvalue weighted by molar-refractivity contribution is -0.159. The van der Waals surface area contributed by atoms with Crippen LogP contribution in [0.5, 0.6) is 0 Å². The van der Waals surface area contributed by atoms with Gasteiger partial charge in [-0.25, -0.2) is 0 Å². The summed E-state index contributed by atoms with van der Waals surface area (Å²) in [6.07, 6.45) is 5.65. The van der Waals surface area contributed by atoms with Gasteiger partial charge < -0.3 is 15.6 Å². The molecule has 0 rings (SSSR count). The third kappa shape index (κ3) is 12.1. The SMILES string of the molecule is C#CC#CC#CC#CC#CC#CC#CC#CC(CC)C(C(=O)OCCN)C(CC)C(=O)O. The van der Waals surface area contributed by atoms with Gasteiger partial charge in [-0.3, -0.25) is 9.59 Å². The number of rotatable bonds is 8. The summed E-state index contributed by atoms with van der Waals surface area (Å²) >= 11 is 0. The Labute approximate surface area is 190 Å². The number of ether oxygens (including phenoxy) is 1. The van der Waals surface area contributed by atoms with Crippen LogP contribution in [0.15, 0.2) is 0 Å². The largest absolute Gasteiger partial charge is 0.481 e. The van der Waals surface area contributed by atoms with Gasteiger partial charge in [-0.15, -0.1) is 6.42 Å². The predicted molar refractivity (Wildman–Crippen MR) is 122 cm³/mol. The number of carboxylic acids is 1. The van der Waals surface area contributed by atoms with Crippen molar-refractivity contribution in [1.29, 1.82) is 0 Å². The van der Waals surface area contributed by atoms with Gasteiger partial charge in [0.2, 0.25) is 0 Å². The van der Waals surface area contributed by atoms with Crippen molar-refractivity contribution in [3.8, 4) is 95.2 Å². The zero-order chi connectivity index (χ0) is 24.0. The molecule has 3 N–H and O–H groups in total. The molecule has 0 aliphatic heterocycles. The van der Waals surface area contributed by atoms with Crippen molar-refractivity contribution >= 4 is 11.9 Å². The van der Waals surface area contributed by atoms with Crippen molar-refractivity contribution in [2.75, 3.05) is 13.2 Å². The van der Waals surface area contributed by atoms with Gasteiger partial charge in [-0.1, -0.05) is 19.8 Å². The predicted octanol–water partition coefficient (Wildman–Crippen LogP) is 0.898. The molecule has 0 radical (unpaired) electrons. The van der Waals surface area contributed by atoms with Gasteiger partial charge in [0.05, 0.1) is 11.8 Å². The molecule has 0 amide bonds. The molecule has 0 bridgehead atoms. The smallest absolute Gasteiger partial charge is 0.311 e. The van der Waals surface area contributed by atoms with E-state index in [0.717, 1.165) is 0 Å². The molecule has 158 valence electrons. The van der Waals surface area contributed by atoms with E-state index in [1.54, 1.807) is 6.92 Å². The lowest BCUT2D eigenvalue weighted by Gasteiger charge is -2.25. The Bertz CT molecular complexity index is 1150. The molecule has 0 aromatic heterocycles. The Morgan fingerprint density at radius 3 is 1.69 bits per heavy atom. The maximum Gasteiger partial charge on any atom is 0.311 e. The summed E-state index contributed by atoms with van der Waals surface area (Å²) in [7, 11) is 0. The molecule has 0 saturated carbocycles. The molecule has 5 nitrogen and oxygen atoms in total. The summed E-state index contributed by atoms with van der Waals surface area (Å²) in [5.74, 6) is 33.0. The van der Waals surface area contributed by atoms with Crippen molar-refractivity contribution in [1.82, 2.24) is 0 Å². The number of hydrogen-bond acceptors (Lipinski definition) is 4. The molecular formula is C27H21NO4. The Morgan fingerprint density at radius 1 is 0.844 bits per heavy atom. The van der Waals surface area contributed by atoms with Crippen LogP contribution in [0, 0.1) is 113 Å². The van der Waals surface area contributed by atoms with Gasteiger partial charge in [0.1, 0.15) is 6.61 Å². The highest BCUT2D eigenvalue weighted by Gasteiger charge is 2.38. The summed E-state index contributed by atoms with van der Waals surface area (Å²) < 4.78 is 5.09. The monoisotopic (exact) mass is 423 g/mol. The van der Waals surface area contributed by atoms with E-state index in [0.29, 0.717) is 6.42 Å². The second-order valence-corrected chi connectivity index (χ2v) is 5.76. The zero-order valence-electron chi connectivity index (χ0n) is 17.9. The van der Waals surface area contributed by atoms with Gasteiger partial charge in [0, 0.05) is 12.5 Å². The second kappa shape index (κ2) is 18.4. The van der Waals surface area contributed by atoms with Crippen LogP contribution in [0.2, 0.25) is 0 Å².